The lowest BCUT2D eigenvalue weighted by atomic mass is 10.2. The lowest BCUT2D eigenvalue weighted by Gasteiger charge is -2.09. The summed E-state index contributed by atoms with van der Waals surface area (Å²) < 4.78 is 46.7. The maximum Gasteiger partial charge on any atom is 0.573 e. The monoisotopic (exact) mass is 400 g/mol. The fourth-order valence-corrected chi connectivity index (χ4v) is 2.84. The van der Waals surface area contributed by atoms with E-state index in [0.717, 1.165) is 5.69 Å². The minimum atomic E-state index is -4.76. The summed E-state index contributed by atoms with van der Waals surface area (Å²) in [4.78, 5) is 11.9. The molecule has 0 amide bonds. The number of benzene rings is 2. The molecule has 0 unspecified atom stereocenters. The Morgan fingerprint density at radius 2 is 1.79 bits per heavy atom. The fourth-order valence-electron chi connectivity index (χ4n) is 2.84. The molecule has 2 aromatic heterocycles. The highest BCUT2D eigenvalue weighted by Crippen LogP contribution is 2.30. The molecule has 0 saturated heterocycles. The van der Waals surface area contributed by atoms with Crippen molar-refractivity contribution in [3.8, 4) is 22.9 Å². The van der Waals surface area contributed by atoms with Crippen molar-refractivity contribution in [2.45, 2.75) is 6.36 Å². The summed E-state index contributed by atoms with van der Waals surface area (Å²) in [5.41, 5.74) is 2.44. The number of rotatable bonds is 5. The number of fused-ring (bicyclic) bond motifs is 1. The summed E-state index contributed by atoms with van der Waals surface area (Å²) in [5.74, 6) is 1.27. The van der Waals surface area contributed by atoms with Gasteiger partial charge in [-0.1, -0.05) is 18.2 Å². The predicted octanol–water partition coefficient (Wildman–Crippen LogP) is 5.28. The zero-order chi connectivity index (χ0) is 20.4. The third kappa shape index (κ3) is 4.23. The van der Waals surface area contributed by atoms with Crippen LogP contribution in [0.25, 0.3) is 22.4 Å². The number of hydrogen-bond acceptors (Lipinski definition) is 5. The van der Waals surface area contributed by atoms with E-state index in [1.807, 2.05) is 24.3 Å². The number of imidazole rings is 1. The van der Waals surface area contributed by atoms with Gasteiger partial charge in [0.15, 0.2) is 5.82 Å². The smallest absolute Gasteiger partial charge is 0.497 e. The van der Waals surface area contributed by atoms with Crippen LogP contribution in [-0.4, -0.2) is 28.4 Å². The Balaban J connectivity index is 1.68. The quantitative estimate of drug-likeness (QED) is 0.477. The zero-order valence-corrected chi connectivity index (χ0v) is 15.1. The van der Waals surface area contributed by atoms with E-state index in [2.05, 4.69) is 25.0 Å². The molecule has 0 atom stereocenters. The Morgan fingerprint density at radius 1 is 1.00 bits per heavy atom. The van der Waals surface area contributed by atoms with Crippen molar-refractivity contribution in [3.63, 3.8) is 0 Å². The number of aromatic nitrogens is 3. The standard InChI is InChI=1S/C20H15F3N4O2/c1-28-14-6-3-5-13(11-14)25-19-17-16(8-9-24-19)26-18(27-17)12-4-2-7-15(10-12)29-20(21,22)23/h2-11H,1H3,(H,24,25)(H,26,27). The Labute approximate surface area is 163 Å². The summed E-state index contributed by atoms with van der Waals surface area (Å²) in [6, 6.07) is 14.7. The van der Waals surface area contributed by atoms with Gasteiger partial charge in [0.2, 0.25) is 0 Å². The number of nitrogens with one attached hydrogen (secondary N) is 2. The molecule has 2 N–H and O–H groups in total. The fraction of sp³-hybridized carbons (Fsp3) is 0.100. The zero-order valence-electron chi connectivity index (χ0n) is 15.1. The van der Waals surface area contributed by atoms with Gasteiger partial charge in [-0.2, -0.15) is 0 Å². The molecule has 0 aliphatic carbocycles. The maximum atomic E-state index is 12.5. The molecule has 0 bridgehead atoms. The Bertz CT molecular complexity index is 1160. The van der Waals surface area contributed by atoms with Gasteiger partial charge in [0.1, 0.15) is 22.8 Å². The van der Waals surface area contributed by atoms with Crippen molar-refractivity contribution >= 4 is 22.5 Å². The third-order valence-corrected chi connectivity index (χ3v) is 4.07. The van der Waals surface area contributed by atoms with E-state index in [-0.39, 0.29) is 5.75 Å². The van der Waals surface area contributed by atoms with Crippen LogP contribution in [0.2, 0.25) is 0 Å². The molecule has 4 rings (SSSR count). The van der Waals surface area contributed by atoms with Crippen LogP contribution >= 0.6 is 0 Å². The normalized spacial score (nSPS) is 11.4. The lowest BCUT2D eigenvalue weighted by molar-refractivity contribution is -0.274. The van der Waals surface area contributed by atoms with Crippen LogP contribution in [0.1, 0.15) is 0 Å². The van der Waals surface area contributed by atoms with Crippen LogP contribution in [0.4, 0.5) is 24.7 Å². The number of aromatic amines is 1. The number of alkyl halides is 3. The summed E-state index contributed by atoms with van der Waals surface area (Å²) in [5, 5.41) is 3.18. The van der Waals surface area contributed by atoms with Crippen LogP contribution in [0, 0.1) is 0 Å². The highest BCUT2D eigenvalue weighted by atomic mass is 19.4. The third-order valence-electron chi connectivity index (χ3n) is 4.07. The number of hydrogen-bond donors (Lipinski definition) is 2. The summed E-state index contributed by atoms with van der Waals surface area (Å²) in [6.07, 6.45) is -3.15. The first-order valence-corrected chi connectivity index (χ1v) is 8.53. The molecular formula is C20H15F3N4O2. The van der Waals surface area contributed by atoms with Gasteiger partial charge in [-0.05, 0) is 30.3 Å². The number of ether oxygens (including phenoxy) is 2. The molecule has 9 heteroatoms. The Morgan fingerprint density at radius 3 is 2.59 bits per heavy atom. The van der Waals surface area contributed by atoms with Gasteiger partial charge in [0.25, 0.3) is 0 Å². The first kappa shape index (κ1) is 18.6. The van der Waals surface area contributed by atoms with Crippen molar-refractivity contribution < 1.29 is 22.6 Å². The van der Waals surface area contributed by atoms with Crippen molar-refractivity contribution in [2.75, 3.05) is 12.4 Å². The Kier molecular flexibility index (Phi) is 4.71. The maximum absolute atomic E-state index is 12.5. The number of pyridine rings is 1. The SMILES string of the molecule is COc1cccc(Nc2nccc3[nH]c(-c4cccc(OC(F)(F)F)c4)nc23)c1. The summed E-state index contributed by atoms with van der Waals surface area (Å²) >= 11 is 0. The molecule has 0 radical (unpaired) electrons. The molecule has 0 aliphatic rings. The first-order valence-electron chi connectivity index (χ1n) is 8.53. The minimum absolute atomic E-state index is 0.316. The van der Waals surface area contributed by atoms with E-state index in [4.69, 9.17) is 4.74 Å². The number of halogens is 3. The average molecular weight is 400 g/mol. The molecule has 0 fully saturated rings. The van der Waals surface area contributed by atoms with E-state index >= 15 is 0 Å². The average Bonchev–Trinajstić information content (AvgIpc) is 3.12. The second kappa shape index (κ2) is 7.34. The minimum Gasteiger partial charge on any atom is -0.497 e. The van der Waals surface area contributed by atoms with Crippen molar-refractivity contribution in [2.24, 2.45) is 0 Å². The molecule has 148 valence electrons. The van der Waals surface area contributed by atoms with Crippen molar-refractivity contribution in [3.05, 3.63) is 60.8 Å². The van der Waals surface area contributed by atoms with Crippen LogP contribution < -0.4 is 14.8 Å². The highest BCUT2D eigenvalue weighted by molar-refractivity contribution is 5.90. The molecule has 2 heterocycles. The molecule has 29 heavy (non-hydrogen) atoms. The number of anilines is 2. The molecule has 0 saturated carbocycles. The highest BCUT2D eigenvalue weighted by Gasteiger charge is 2.31. The van der Waals surface area contributed by atoms with Crippen molar-refractivity contribution in [1.82, 2.24) is 15.0 Å². The van der Waals surface area contributed by atoms with E-state index < -0.39 is 6.36 Å². The van der Waals surface area contributed by atoms with Gasteiger partial charge in [-0.25, -0.2) is 9.97 Å². The molecule has 0 spiro atoms. The van der Waals surface area contributed by atoms with Crippen LogP contribution in [0.5, 0.6) is 11.5 Å². The summed E-state index contributed by atoms with van der Waals surface area (Å²) in [7, 11) is 1.58. The van der Waals surface area contributed by atoms with E-state index in [9.17, 15) is 13.2 Å². The summed E-state index contributed by atoms with van der Waals surface area (Å²) in [6.45, 7) is 0. The molecule has 0 aliphatic heterocycles. The van der Waals surface area contributed by atoms with E-state index in [1.54, 1.807) is 25.4 Å². The van der Waals surface area contributed by atoms with Gasteiger partial charge >= 0.3 is 6.36 Å². The van der Waals surface area contributed by atoms with Gasteiger partial charge in [-0.15, -0.1) is 13.2 Å². The molecule has 2 aromatic carbocycles. The van der Waals surface area contributed by atoms with E-state index in [1.165, 1.54) is 18.2 Å². The van der Waals surface area contributed by atoms with Gasteiger partial charge in [0, 0.05) is 23.5 Å². The van der Waals surface area contributed by atoms with E-state index in [0.29, 0.717) is 34.0 Å². The van der Waals surface area contributed by atoms with Crippen molar-refractivity contribution in [1.29, 1.82) is 0 Å². The molecule has 4 aromatic rings. The predicted molar refractivity (Wildman–Crippen MR) is 102 cm³/mol. The molecule has 6 nitrogen and oxygen atoms in total. The topological polar surface area (TPSA) is 72.1 Å². The van der Waals surface area contributed by atoms with Crippen LogP contribution in [0.15, 0.2) is 60.8 Å². The second-order valence-electron chi connectivity index (χ2n) is 6.07. The largest absolute Gasteiger partial charge is 0.573 e. The number of H-pyrrole nitrogens is 1. The number of methoxy groups -OCH3 is 1. The second-order valence-corrected chi connectivity index (χ2v) is 6.07. The lowest BCUT2D eigenvalue weighted by Crippen LogP contribution is -2.17. The van der Waals surface area contributed by atoms with Gasteiger partial charge < -0.3 is 19.8 Å². The van der Waals surface area contributed by atoms with Crippen LogP contribution in [0.3, 0.4) is 0 Å². The number of nitrogens with zero attached hydrogens (tertiary/aromatic N) is 2. The Hall–Kier alpha value is -3.75. The first-order chi connectivity index (χ1) is 13.9. The van der Waals surface area contributed by atoms with Gasteiger partial charge in [0.05, 0.1) is 12.6 Å². The van der Waals surface area contributed by atoms with Gasteiger partial charge in [-0.3, -0.25) is 0 Å². The van der Waals surface area contributed by atoms with Crippen LogP contribution in [-0.2, 0) is 0 Å². The molecular weight excluding hydrogens is 385 g/mol.